The highest BCUT2D eigenvalue weighted by molar-refractivity contribution is 7.10. The molecule has 2 aromatic carbocycles. The number of carbonyl (C=O) groups is 1. The van der Waals surface area contributed by atoms with Crippen molar-refractivity contribution in [3.63, 3.8) is 0 Å². The largest absolute Gasteiger partial charge is 0.421 e. The van der Waals surface area contributed by atoms with Gasteiger partial charge in [-0.05, 0) is 54.0 Å². The summed E-state index contributed by atoms with van der Waals surface area (Å²) in [5.41, 5.74) is 4.44. The molecule has 0 bridgehead atoms. The first-order chi connectivity index (χ1) is 16.0. The Morgan fingerprint density at radius 1 is 1.03 bits per heavy atom. The summed E-state index contributed by atoms with van der Waals surface area (Å²) in [4.78, 5) is 13.9. The van der Waals surface area contributed by atoms with Crippen molar-refractivity contribution in [2.75, 3.05) is 0 Å². The minimum atomic E-state index is -0.170. The molecule has 0 spiro atoms. The third-order valence-corrected chi connectivity index (χ3v) is 6.36. The Morgan fingerprint density at radius 3 is 2.45 bits per heavy atom. The van der Waals surface area contributed by atoms with Gasteiger partial charge in [0.15, 0.2) is 0 Å². The monoisotopic (exact) mass is 459 g/mol. The molecule has 1 amide bonds. The molecule has 33 heavy (non-hydrogen) atoms. The van der Waals surface area contributed by atoms with E-state index in [2.05, 4.69) is 59.7 Å². The number of carbonyl (C=O) groups excluding carboxylic acids is 1. The SMILES string of the molecule is Cc1ccc(-c2nnc(CCC(=O)NC(c3ccc(CC(C)C)cc3)c3cccs3)o2)cc1. The van der Waals surface area contributed by atoms with Crippen LogP contribution in [0.4, 0.5) is 0 Å². The summed E-state index contributed by atoms with van der Waals surface area (Å²) in [5.74, 6) is 1.50. The van der Waals surface area contributed by atoms with E-state index in [0.717, 1.165) is 22.4 Å². The summed E-state index contributed by atoms with van der Waals surface area (Å²) < 4.78 is 5.77. The van der Waals surface area contributed by atoms with E-state index in [9.17, 15) is 4.79 Å². The summed E-state index contributed by atoms with van der Waals surface area (Å²) >= 11 is 1.64. The molecule has 0 saturated carbocycles. The Hall–Kier alpha value is -3.25. The summed E-state index contributed by atoms with van der Waals surface area (Å²) in [7, 11) is 0. The van der Waals surface area contributed by atoms with E-state index in [-0.39, 0.29) is 18.4 Å². The number of amides is 1. The van der Waals surface area contributed by atoms with E-state index in [1.165, 1.54) is 11.1 Å². The van der Waals surface area contributed by atoms with Gasteiger partial charge >= 0.3 is 0 Å². The molecule has 2 aromatic heterocycles. The molecule has 2 heterocycles. The molecule has 1 N–H and O–H groups in total. The van der Waals surface area contributed by atoms with E-state index < -0.39 is 0 Å². The second-order valence-corrected chi connectivity index (χ2v) is 9.70. The van der Waals surface area contributed by atoms with Gasteiger partial charge in [0.2, 0.25) is 17.7 Å². The fraction of sp³-hybridized carbons (Fsp3) is 0.296. The van der Waals surface area contributed by atoms with Crippen LogP contribution in [0.5, 0.6) is 0 Å². The number of nitrogens with one attached hydrogen (secondary N) is 1. The van der Waals surface area contributed by atoms with Crippen LogP contribution >= 0.6 is 11.3 Å². The topological polar surface area (TPSA) is 68.0 Å². The number of hydrogen-bond acceptors (Lipinski definition) is 5. The molecular formula is C27H29N3O2S. The van der Waals surface area contributed by atoms with E-state index in [4.69, 9.17) is 4.42 Å². The first kappa shape index (κ1) is 22.9. The Bertz CT molecular complexity index is 1160. The second-order valence-electron chi connectivity index (χ2n) is 8.72. The van der Waals surface area contributed by atoms with Crippen LogP contribution in [0, 0.1) is 12.8 Å². The molecule has 0 saturated heterocycles. The predicted molar refractivity (Wildman–Crippen MR) is 132 cm³/mol. The van der Waals surface area contributed by atoms with Crippen LogP contribution in [-0.4, -0.2) is 16.1 Å². The average Bonchev–Trinajstić information content (AvgIpc) is 3.49. The van der Waals surface area contributed by atoms with Crippen LogP contribution in [0.15, 0.2) is 70.5 Å². The van der Waals surface area contributed by atoms with Gasteiger partial charge in [-0.2, -0.15) is 0 Å². The van der Waals surface area contributed by atoms with Gasteiger partial charge in [0, 0.05) is 23.3 Å². The Labute approximate surface area is 198 Å². The minimum Gasteiger partial charge on any atom is -0.421 e. The van der Waals surface area contributed by atoms with Crippen molar-refractivity contribution in [3.8, 4) is 11.5 Å². The lowest BCUT2D eigenvalue weighted by atomic mass is 9.98. The van der Waals surface area contributed by atoms with Gasteiger partial charge in [-0.15, -0.1) is 21.5 Å². The molecule has 4 aromatic rings. The average molecular weight is 460 g/mol. The van der Waals surface area contributed by atoms with E-state index >= 15 is 0 Å². The number of benzene rings is 2. The van der Waals surface area contributed by atoms with Gasteiger partial charge in [-0.1, -0.05) is 61.9 Å². The fourth-order valence-electron chi connectivity index (χ4n) is 3.71. The zero-order valence-corrected chi connectivity index (χ0v) is 20.1. The molecule has 4 rings (SSSR count). The third kappa shape index (κ3) is 6.17. The molecule has 1 atom stereocenters. The van der Waals surface area contributed by atoms with Crippen molar-refractivity contribution in [1.29, 1.82) is 0 Å². The highest BCUT2D eigenvalue weighted by atomic mass is 32.1. The second kappa shape index (κ2) is 10.6. The molecule has 170 valence electrons. The van der Waals surface area contributed by atoms with Crippen LogP contribution in [-0.2, 0) is 17.6 Å². The van der Waals surface area contributed by atoms with E-state index in [1.54, 1.807) is 11.3 Å². The third-order valence-electron chi connectivity index (χ3n) is 5.42. The van der Waals surface area contributed by atoms with Gasteiger partial charge < -0.3 is 9.73 Å². The number of aryl methyl sites for hydroxylation is 2. The van der Waals surface area contributed by atoms with Crippen molar-refractivity contribution >= 4 is 17.2 Å². The molecule has 0 aliphatic heterocycles. The van der Waals surface area contributed by atoms with Crippen molar-refractivity contribution in [2.45, 2.75) is 46.1 Å². The first-order valence-electron chi connectivity index (χ1n) is 11.3. The van der Waals surface area contributed by atoms with Crippen LogP contribution in [0.1, 0.15) is 53.8 Å². The van der Waals surface area contributed by atoms with Gasteiger partial charge in [-0.3, -0.25) is 4.79 Å². The molecule has 0 fully saturated rings. The maximum Gasteiger partial charge on any atom is 0.247 e. The number of rotatable bonds is 9. The van der Waals surface area contributed by atoms with Crippen LogP contribution in [0.2, 0.25) is 0 Å². The minimum absolute atomic E-state index is 0.0465. The lowest BCUT2D eigenvalue weighted by Crippen LogP contribution is -2.29. The normalized spacial score (nSPS) is 12.1. The lowest BCUT2D eigenvalue weighted by Gasteiger charge is -2.18. The molecule has 1 unspecified atom stereocenters. The first-order valence-corrected chi connectivity index (χ1v) is 12.2. The maximum atomic E-state index is 12.8. The zero-order chi connectivity index (χ0) is 23.2. The van der Waals surface area contributed by atoms with Crippen LogP contribution in [0.25, 0.3) is 11.5 Å². The summed E-state index contributed by atoms with van der Waals surface area (Å²) in [6.07, 6.45) is 1.73. The Morgan fingerprint density at radius 2 is 1.79 bits per heavy atom. The van der Waals surface area contributed by atoms with Crippen LogP contribution < -0.4 is 5.32 Å². The molecule has 6 heteroatoms. The van der Waals surface area contributed by atoms with Crippen LogP contribution in [0.3, 0.4) is 0 Å². The number of aromatic nitrogens is 2. The molecule has 5 nitrogen and oxygen atoms in total. The molecule has 0 aliphatic carbocycles. The van der Waals surface area contributed by atoms with Crippen molar-refractivity contribution < 1.29 is 9.21 Å². The van der Waals surface area contributed by atoms with Crippen molar-refractivity contribution in [1.82, 2.24) is 15.5 Å². The predicted octanol–water partition coefficient (Wildman–Crippen LogP) is 6.14. The van der Waals surface area contributed by atoms with Crippen molar-refractivity contribution in [2.24, 2.45) is 5.92 Å². The standard InChI is InChI=1S/C27H29N3O2S/c1-18(2)17-20-8-12-21(13-9-20)26(23-5-4-16-33-23)28-24(31)14-15-25-29-30-27(32-25)22-10-6-19(3)7-11-22/h4-13,16,18,26H,14-15,17H2,1-3H3,(H,28,31). The lowest BCUT2D eigenvalue weighted by molar-refractivity contribution is -0.121. The maximum absolute atomic E-state index is 12.8. The number of thiophene rings is 1. The highest BCUT2D eigenvalue weighted by Crippen LogP contribution is 2.27. The van der Waals surface area contributed by atoms with Gasteiger partial charge in [0.05, 0.1) is 6.04 Å². The van der Waals surface area contributed by atoms with Crippen molar-refractivity contribution in [3.05, 3.63) is 93.5 Å². The van der Waals surface area contributed by atoms with Gasteiger partial charge in [-0.25, -0.2) is 0 Å². The molecule has 0 aliphatic rings. The van der Waals surface area contributed by atoms with E-state index in [0.29, 0.717) is 24.1 Å². The summed E-state index contributed by atoms with van der Waals surface area (Å²) in [6.45, 7) is 6.47. The molecule has 0 radical (unpaired) electrons. The highest BCUT2D eigenvalue weighted by Gasteiger charge is 2.19. The fourth-order valence-corrected chi connectivity index (χ4v) is 4.52. The summed E-state index contributed by atoms with van der Waals surface area (Å²) in [6, 6.07) is 20.4. The van der Waals surface area contributed by atoms with Gasteiger partial charge in [0.1, 0.15) is 0 Å². The Balaban J connectivity index is 1.40. The van der Waals surface area contributed by atoms with Gasteiger partial charge in [0.25, 0.3) is 0 Å². The smallest absolute Gasteiger partial charge is 0.247 e. The van der Waals surface area contributed by atoms with E-state index in [1.807, 2.05) is 42.6 Å². The summed E-state index contributed by atoms with van der Waals surface area (Å²) in [5, 5.41) is 13.5. The zero-order valence-electron chi connectivity index (χ0n) is 19.2. The molecular weight excluding hydrogens is 430 g/mol. The Kier molecular flexibility index (Phi) is 7.35. The number of hydrogen-bond donors (Lipinski definition) is 1. The number of nitrogens with zero attached hydrogens (tertiary/aromatic N) is 2. The quantitative estimate of drug-likeness (QED) is 0.326.